The minimum atomic E-state index is -0.373. The van der Waals surface area contributed by atoms with Crippen LogP contribution in [-0.2, 0) is 6.42 Å². The summed E-state index contributed by atoms with van der Waals surface area (Å²) < 4.78 is 0. The third-order valence-electron chi connectivity index (χ3n) is 3.01. The largest absolute Gasteiger partial charge is 0.399 e. The maximum absolute atomic E-state index is 11.0. The first-order valence-corrected chi connectivity index (χ1v) is 6.41. The Morgan fingerprint density at radius 2 is 1.60 bits per heavy atom. The number of hydrogen-bond acceptors (Lipinski definition) is 3. The number of carbonyl (C=O) groups excluding carboxylic acids is 2. The fourth-order valence-corrected chi connectivity index (χ4v) is 1.90. The van der Waals surface area contributed by atoms with Crippen LogP contribution in [0, 0.1) is 0 Å². The van der Waals surface area contributed by atoms with E-state index in [0.29, 0.717) is 16.8 Å². The van der Waals surface area contributed by atoms with Crippen LogP contribution in [0.1, 0.15) is 33.2 Å². The zero-order chi connectivity index (χ0) is 14.5. The maximum atomic E-state index is 11.0. The van der Waals surface area contributed by atoms with E-state index >= 15 is 0 Å². The standard InChI is InChI=1S/C8H6N2O2.C8H10/c9-4-1-2-5-6(3-4)8(12)10-7(5)11;1-2-8-6-4-3-5-7-8/h1-3H,9H2,(H,10,11,12);3-7H,2H2,1H3. The average Bonchev–Trinajstić information content (AvgIpc) is 2.75. The van der Waals surface area contributed by atoms with Gasteiger partial charge in [0.2, 0.25) is 0 Å². The normalized spacial score (nSPS) is 12.2. The summed E-state index contributed by atoms with van der Waals surface area (Å²) in [7, 11) is 0. The van der Waals surface area contributed by atoms with Crippen molar-refractivity contribution in [3.05, 3.63) is 65.2 Å². The molecule has 0 atom stereocenters. The molecule has 3 N–H and O–H groups in total. The number of aryl methyl sites for hydroxylation is 1. The molecule has 0 spiro atoms. The Balaban J connectivity index is 0.000000160. The zero-order valence-electron chi connectivity index (χ0n) is 11.2. The van der Waals surface area contributed by atoms with Gasteiger partial charge in [0.15, 0.2) is 0 Å². The highest BCUT2D eigenvalue weighted by Gasteiger charge is 2.26. The van der Waals surface area contributed by atoms with E-state index in [9.17, 15) is 9.59 Å². The molecule has 0 bridgehead atoms. The van der Waals surface area contributed by atoms with Crippen molar-refractivity contribution in [1.29, 1.82) is 0 Å². The van der Waals surface area contributed by atoms with Gasteiger partial charge in [-0.3, -0.25) is 14.9 Å². The van der Waals surface area contributed by atoms with E-state index in [1.54, 1.807) is 12.1 Å². The molecule has 2 amide bonds. The van der Waals surface area contributed by atoms with Crippen LogP contribution in [0.15, 0.2) is 48.5 Å². The molecular weight excluding hydrogens is 252 g/mol. The summed E-state index contributed by atoms with van der Waals surface area (Å²) in [6.07, 6.45) is 1.14. The Morgan fingerprint density at radius 3 is 2.20 bits per heavy atom. The fraction of sp³-hybridized carbons (Fsp3) is 0.125. The number of carbonyl (C=O) groups is 2. The van der Waals surface area contributed by atoms with Gasteiger partial charge < -0.3 is 5.73 Å². The van der Waals surface area contributed by atoms with Crippen LogP contribution in [0.4, 0.5) is 5.69 Å². The van der Waals surface area contributed by atoms with Crippen molar-refractivity contribution in [2.24, 2.45) is 0 Å². The molecule has 20 heavy (non-hydrogen) atoms. The number of nitrogen functional groups attached to an aromatic ring is 1. The molecular formula is C16H16N2O2. The Kier molecular flexibility index (Phi) is 4.15. The Morgan fingerprint density at radius 1 is 0.950 bits per heavy atom. The predicted molar refractivity (Wildman–Crippen MR) is 78.5 cm³/mol. The van der Waals surface area contributed by atoms with Gasteiger partial charge >= 0.3 is 0 Å². The third-order valence-corrected chi connectivity index (χ3v) is 3.01. The van der Waals surface area contributed by atoms with E-state index in [2.05, 4.69) is 36.5 Å². The molecule has 1 heterocycles. The van der Waals surface area contributed by atoms with Gasteiger partial charge in [0.1, 0.15) is 0 Å². The second-order valence-corrected chi connectivity index (χ2v) is 4.43. The molecule has 4 nitrogen and oxygen atoms in total. The molecule has 1 aliphatic rings. The number of amides is 2. The first-order chi connectivity index (χ1) is 9.61. The van der Waals surface area contributed by atoms with Crippen LogP contribution < -0.4 is 11.1 Å². The first-order valence-electron chi connectivity index (χ1n) is 6.41. The number of imide groups is 1. The predicted octanol–water partition coefficient (Wildman–Crippen LogP) is 2.40. The van der Waals surface area contributed by atoms with Gasteiger partial charge in [-0.25, -0.2) is 0 Å². The van der Waals surface area contributed by atoms with Gasteiger partial charge in [-0.05, 0) is 30.2 Å². The first kappa shape index (κ1) is 13.8. The number of benzene rings is 2. The van der Waals surface area contributed by atoms with E-state index in [1.807, 2.05) is 6.07 Å². The summed E-state index contributed by atoms with van der Waals surface area (Å²) in [5, 5.41) is 2.18. The van der Waals surface area contributed by atoms with Crippen LogP contribution in [0.5, 0.6) is 0 Å². The molecule has 1 aliphatic heterocycles. The Hall–Kier alpha value is -2.62. The molecule has 0 saturated carbocycles. The van der Waals surface area contributed by atoms with Crippen LogP contribution in [0.2, 0.25) is 0 Å². The third kappa shape index (κ3) is 3.03. The van der Waals surface area contributed by atoms with Crippen molar-refractivity contribution in [1.82, 2.24) is 5.32 Å². The number of nitrogens with one attached hydrogen (secondary N) is 1. The SMILES string of the molecule is CCc1ccccc1.Nc1ccc2c(c1)C(=O)NC2=O. The van der Waals surface area contributed by atoms with Gasteiger partial charge in [0.25, 0.3) is 11.8 Å². The molecule has 3 rings (SSSR count). The van der Waals surface area contributed by atoms with Crippen LogP contribution in [0.3, 0.4) is 0 Å². The summed E-state index contributed by atoms with van der Waals surface area (Å²) in [5.74, 6) is -0.725. The van der Waals surface area contributed by atoms with E-state index in [0.717, 1.165) is 6.42 Å². The van der Waals surface area contributed by atoms with Gasteiger partial charge in [-0.15, -0.1) is 0 Å². The smallest absolute Gasteiger partial charge is 0.259 e. The van der Waals surface area contributed by atoms with Crippen molar-refractivity contribution in [2.45, 2.75) is 13.3 Å². The second-order valence-electron chi connectivity index (χ2n) is 4.43. The number of fused-ring (bicyclic) bond motifs is 1. The average molecular weight is 268 g/mol. The van der Waals surface area contributed by atoms with E-state index in [-0.39, 0.29) is 11.8 Å². The molecule has 0 radical (unpaired) electrons. The Labute approximate surface area is 117 Å². The molecule has 102 valence electrons. The molecule has 2 aromatic rings. The second kappa shape index (κ2) is 6.02. The summed E-state index contributed by atoms with van der Waals surface area (Å²) in [4.78, 5) is 22.1. The number of rotatable bonds is 1. The van der Waals surface area contributed by atoms with E-state index in [4.69, 9.17) is 5.73 Å². The highest BCUT2D eigenvalue weighted by atomic mass is 16.2. The minimum absolute atomic E-state index is 0.352. The van der Waals surface area contributed by atoms with Crippen molar-refractivity contribution in [3.63, 3.8) is 0 Å². The molecule has 0 aromatic heterocycles. The fourth-order valence-electron chi connectivity index (χ4n) is 1.90. The van der Waals surface area contributed by atoms with Crippen LogP contribution >= 0.6 is 0 Å². The number of nitrogens with two attached hydrogens (primary N) is 1. The summed E-state index contributed by atoms with van der Waals surface area (Å²) in [5.41, 5.74) is 8.10. The highest BCUT2D eigenvalue weighted by Crippen LogP contribution is 2.17. The molecule has 0 unspecified atom stereocenters. The zero-order valence-corrected chi connectivity index (χ0v) is 11.2. The summed E-state index contributed by atoms with van der Waals surface area (Å²) in [6, 6.07) is 15.1. The lowest BCUT2D eigenvalue weighted by Crippen LogP contribution is -2.19. The molecule has 0 saturated heterocycles. The van der Waals surface area contributed by atoms with Gasteiger partial charge in [0.05, 0.1) is 11.1 Å². The van der Waals surface area contributed by atoms with Crippen molar-refractivity contribution < 1.29 is 9.59 Å². The van der Waals surface area contributed by atoms with Gasteiger partial charge in [0, 0.05) is 5.69 Å². The summed E-state index contributed by atoms with van der Waals surface area (Å²) >= 11 is 0. The molecule has 0 fully saturated rings. The Bertz CT molecular complexity index is 636. The van der Waals surface area contributed by atoms with Crippen LogP contribution in [0.25, 0.3) is 0 Å². The maximum Gasteiger partial charge on any atom is 0.259 e. The van der Waals surface area contributed by atoms with Crippen LogP contribution in [-0.4, -0.2) is 11.8 Å². The quantitative estimate of drug-likeness (QED) is 0.616. The van der Waals surface area contributed by atoms with E-state index in [1.165, 1.54) is 11.6 Å². The number of anilines is 1. The lowest BCUT2D eigenvalue weighted by Gasteiger charge is -1.94. The van der Waals surface area contributed by atoms with Crippen molar-refractivity contribution >= 4 is 17.5 Å². The topological polar surface area (TPSA) is 72.2 Å². The lowest BCUT2D eigenvalue weighted by atomic mass is 10.1. The molecule has 2 aromatic carbocycles. The van der Waals surface area contributed by atoms with Gasteiger partial charge in [-0.1, -0.05) is 37.3 Å². The minimum Gasteiger partial charge on any atom is -0.399 e. The monoisotopic (exact) mass is 268 g/mol. The van der Waals surface area contributed by atoms with Crippen molar-refractivity contribution in [3.8, 4) is 0 Å². The lowest BCUT2D eigenvalue weighted by molar-refractivity contribution is 0.0879. The highest BCUT2D eigenvalue weighted by molar-refractivity contribution is 6.21. The number of hydrogen-bond donors (Lipinski definition) is 2. The summed E-state index contributed by atoms with van der Waals surface area (Å²) in [6.45, 7) is 2.16. The van der Waals surface area contributed by atoms with E-state index < -0.39 is 0 Å². The van der Waals surface area contributed by atoms with Crippen molar-refractivity contribution in [2.75, 3.05) is 5.73 Å². The molecule has 4 heteroatoms. The van der Waals surface area contributed by atoms with Gasteiger partial charge in [-0.2, -0.15) is 0 Å². The molecule has 0 aliphatic carbocycles.